The van der Waals surface area contributed by atoms with E-state index in [1.807, 2.05) is 12.1 Å². The maximum Gasteiger partial charge on any atom is 0.292 e. The molecule has 22 heavy (non-hydrogen) atoms. The van der Waals surface area contributed by atoms with E-state index in [1.165, 1.54) is 0 Å². The third kappa shape index (κ3) is 3.00. The van der Waals surface area contributed by atoms with Gasteiger partial charge in [0.25, 0.3) is 5.91 Å². The first-order valence-electron chi connectivity index (χ1n) is 7.24. The van der Waals surface area contributed by atoms with Crippen LogP contribution in [0.5, 0.6) is 0 Å². The molecule has 0 aliphatic carbocycles. The Balaban J connectivity index is 1.75. The zero-order chi connectivity index (χ0) is 15.7. The molecule has 0 spiro atoms. The second-order valence-corrected chi connectivity index (χ2v) is 6.06. The molecule has 1 aliphatic heterocycles. The topological polar surface area (TPSA) is 66.6 Å². The number of halogens is 1. The van der Waals surface area contributed by atoms with Crippen molar-refractivity contribution in [1.82, 2.24) is 10.1 Å². The number of nitrogens with zero attached hydrogens (tertiary/aromatic N) is 2. The molecule has 2 atom stereocenters. The molecule has 116 valence electrons. The number of aliphatic hydroxyl groups is 1. The number of amides is 1. The summed E-state index contributed by atoms with van der Waals surface area (Å²) in [6, 6.07) is 8.85. The fraction of sp³-hybridized carbons (Fsp3) is 0.375. The minimum atomic E-state index is -0.408. The SMILES string of the molecule is CC(O)C1CCN(C(=O)c2cc(-c3cccc(Cl)c3)no2)C1. The van der Waals surface area contributed by atoms with Crippen molar-refractivity contribution >= 4 is 17.5 Å². The van der Waals surface area contributed by atoms with Crippen molar-refractivity contribution in [3.05, 3.63) is 41.1 Å². The lowest BCUT2D eigenvalue weighted by molar-refractivity contribution is 0.0722. The molecule has 1 fully saturated rings. The molecule has 1 saturated heterocycles. The molecule has 0 radical (unpaired) electrons. The first-order valence-corrected chi connectivity index (χ1v) is 7.62. The van der Waals surface area contributed by atoms with E-state index in [9.17, 15) is 9.90 Å². The van der Waals surface area contributed by atoms with Crippen molar-refractivity contribution in [2.45, 2.75) is 19.4 Å². The molecule has 3 rings (SSSR count). The summed E-state index contributed by atoms with van der Waals surface area (Å²) >= 11 is 5.96. The molecule has 5 nitrogen and oxygen atoms in total. The Labute approximate surface area is 133 Å². The molecular formula is C16H17ClN2O3. The number of hydrogen-bond donors (Lipinski definition) is 1. The molecule has 1 N–H and O–H groups in total. The summed E-state index contributed by atoms with van der Waals surface area (Å²) in [5.41, 5.74) is 1.38. The Morgan fingerprint density at radius 2 is 2.32 bits per heavy atom. The van der Waals surface area contributed by atoms with Crippen molar-refractivity contribution in [1.29, 1.82) is 0 Å². The lowest BCUT2D eigenvalue weighted by atomic mass is 10.0. The summed E-state index contributed by atoms with van der Waals surface area (Å²) < 4.78 is 5.18. The molecule has 2 unspecified atom stereocenters. The minimum absolute atomic E-state index is 0.124. The Hall–Kier alpha value is -1.85. The number of aromatic nitrogens is 1. The van der Waals surface area contributed by atoms with E-state index in [0.29, 0.717) is 23.8 Å². The van der Waals surface area contributed by atoms with Crippen LogP contribution < -0.4 is 0 Å². The van der Waals surface area contributed by atoms with Crippen LogP contribution in [-0.2, 0) is 0 Å². The maximum atomic E-state index is 12.4. The van der Waals surface area contributed by atoms with E-state index in [4.69, 9.17) is 16.1 Å². The average molecular weight is 321 g/mol. The maximum absolute atomic E-state index is 12.4. The van der Waals surface area contributed by atoms with Gasteiger partial charge in [-0.05, 0) is 25.5 Å². The second kappa shape index (κ2) is 6.10. The zero-order valence-electron chi connectivity index (χ0n) is 12.2. The van der Waals surface area contributed by atoms with Crippen LogP contribution in [0.2, 0.25) is 5.02 Å². The highest BCUT2D eigenvalue weighted by Gasteiger charge is 2.31. The quantitative estimate of drug-likeness (QED) is 0.944. The first-order chi connectivity index (χ1) is 10.5. The number of rotatable bonds is 3. The van der Waals surface area contributed by atoms with Crippen molar-refractivity contribution in [3.63, 3.8) is 0 Å². The van der Waals surface area contributed by atoms with Gasteiger partial charge in [-0.2, -0.15) is 0 Å². The lowest BCUT2D eigenvalue weighted by Crippen LogP contribution is -2.30. The van der Waals surface area contributed by atoms with Crippen LogP contribution in [0.4, 0.5) is 0 Å². The molecule has 1 aliphatic rings. The van der Waals surface area contributed by atoms with Gasteiger partial charge in [0.15, 0.2) is 0 Å². The minimum Gasteiger partial charge on any atom is -0.393 e. The summed E-state index contributed by atoms with van der Waals surface area (Å²) in [4.78, 5) is 14.1. The van der Waals surface area contributed by atoms with Gasteiger partial charge in [0.2, 0.25) is 5.76 Å². The number of hydrogen-bond acceptors (Lipinski definition) is 4. The molecule has 1 aromatic carbocycles. The van der Waals surface area contributed by atoms with E-state index >= 15 is 0 Å². The molecule has 0 bridgehead atoms. The van der Waals surface area contributed by atoms with Crippen LogP contribution in [-0.4, -0.2) is 40.3 Å². The molecule has 1 amide bonds. The zero-order valence-corrected chi connectivity index (χ0v) is 13.0. The van der Waals surface area contributed by atoms with Gasteiger partial charge in [0.05, 0.1) is 6.10 Å². The van der Waals surface area contributed by atoms with Crippen LogP contribution in [0.25, 0.3) is 11.3 Å². The largest absolute Gasteiger partial charge is 0.393 e. The predicted molar refractivity (Wildman–Crippen MR) is 82.6 cm³/mol. The van der Waals surface area contributed by atoms with Gasteiger partial charge in [-0.25, -0.2) is 0 Å². The predicted octanol–water partition coefficient (Wildman–Crippen LogP) is 2.84. The van der Waals surface area contributed by atoms with Crippen LogP contribution >= 0.6 is 11.6 Å². The number of likely N-dealkylation sites (tertiary alicyclic amines) is 1. The summed E-state index contributed by atoms with van der Waals surface area (Å²) in [6.07, 6.45) is 0.396. The van der Waals surface area contributed by atoms with Crippen LogP contribution in [0, 0.1) is 5.92 Å². The molecule has 0 saturated carbocycles. The number of carbonyl (C=O) groups is 1. The van der Waals surface area contributed by atoms with Gasteiger partial charge < -0.3 is 14.5 Å². The highest BCUT2D eigenvalue weighted by atomic mass is 35.5. The van der Waals surface area contributed by atoms with E-state index < -0.39 is 6.10 Å². The van der Waals surface area contributed by atoms with Gasteiger partial charge in [-0.15, -0.1) is 0 Å². The monoisotopic (exact) mass is 320 g/mol. The number of aliphatic hydroxyl groups excluding tert-OH is 1. The summed E-state index contributed by atoms with van der Waals surface area (Å²) in [5, 5.41) is 14.2. The highest BCUT2D eigenvalue weighted by molar-refractivity contribution is 6.30. The van der Waals surface area contributed by atoms with Crippen molar-refractivity contribution in [3.8, 4) is 11.3 Å². The molecule has 1 aromatic heterocycles. The van der Waals surface area contributed by atoms with E-state index in [2.05, 4.69) is 5.16 Å². The van der Waals surface area contributed by atoms with Crippen molar-refractivity contribution in [2.75, 3.05) is 13.1 Å². The summed E-state index contributed by atoms with van der Waals surface area (Å²) in [6.45, 7) is 2.93. The summed E-state index contributed by atoms with van der Waals surface area (Å²) in [5.74, 6) is 0.143. The fourth-order valence-corrected chi connectivity index (χ4v) is 2.87. The van der Waals surface area contributed by atoms with E-state index in [-0.39, 0.29) is 17.6 Å². The van der Waals surface area contributed by atoms with Gasteiger partial charge in [-0.1, -0.05) is 28.9 Å². The Bertz CT molecular complexity index is 684. The third-order valence-electron chi connectivity index (χ3n) is 4.04. The van der Waals surface area contributed by atoms with Gasteiger partial charge in [-0.3, -0.25) is 4.79 Å². The normalized spacial score (nSPS) is 19.4. The van der Waals surface area contributed by atoms with Gasteiger partial charge >= 0.3 is 0 Å². The van der Waals surface area contributed by atoms with Gasteiger partial charge in [0, 0.05) is 35.7 Å². The van der Waals surface area contributed by atoms with Gasteiger partial charge in [0.1, 0.15) is 5.69 Å². The standard InChI is InChI=1S/C16H17ClN2O3/c1-10(20)12-5-6-19(9-12)16(21)15-8-14(18-22-15)11-3-2-4-13(17)7-11/h2-4,7-8,10,12,20H,5-6,9H2,1H3. The number of carbonyl (C=O) groups excluding carboxylic acids is 1. The van der Waals surface area contributed by atoms with E-state index in [1.54, 1.807) is 30.0 Å². The second-order valence-electron chi connectivity index (χ2n) is 5.63. The van der Waals surface area contributed by atoms with Crippen molar-refractivity contribution < 1.29 is 14.4 Å². The molecule has 2 heterocycles. The Morgan fingerprint density at radius 3 is 3.00 bits per heavy atom. The fourth-order valence-electron chi connectivity index (χ4n) is 2.68. The van der Waals surface area contributed by atoms with Crippen molar-refractivity contribution in [2.24, 2.45) is 5.92 Å². The Morgan fingerprint density at radius 1 is 1.50 bits per heavy atom. The molecule has 2 aromatic rings. The van der Waals surface area contributed by atoms with Crippen LogP contribution in [0.15, 0.2) is 34.9 Å². The van der Waals surface area contributed by atoms with E-state index in [0.717, 1.165) is 12.0 Å². The third-order valence-corrected chi connectivity index (χ3v) is 4.27. The smallest absolute Gasteiger partial charge is 0.292 e. The average Bonchev–Trinajstić information content (AvgIpc) is 3.16. The van der Waals surface area contributed by atoms with Crippen LogP contribution in [0.3, 0.4) is 0 Å². The first kappa shape index (κ1) is 15.1. The number of benzene rings is 1. The van der Waals surface area contributed by atoms with Crippen LogP contribution in [0.1, 0.15) is 23.9 Å². The highest BCUT2D eigenvalue weighted by Crippen LogP contribution is 2.25. The summed E-state index contributed by atoms with van der Waals surface area (Å²) in [7, 11) is 0. The Kier molecular flexibility index (Phi) is 4.18. The molecule has 6 heteroatoms. The lowest BCUT2D eigenvalue weighted by Gasteiger charge is -2.15. The molecular weight excluding hydrogens is 304 g/mol.